The monoisotopic (exact) mass is 1390 g/mol. The van der Waals surface area contributed by atoms with Gasteiger partial charge in [-0.05, 0) is 165 Å². The number of nitrogens with one attached hydrogen (secondary N) is 1. The second-order valence-corrected chi connectivity index (χ2v) is 26.2. The summed E-state index contributed by atoms with van der Waals surface area (Å²) in [7, 11) is -4.85. The number of morpholine rings is 3. The van der Waals surface area contributed by atoms with Crippen molar-refractivity contribution in [3.63, 3.8) is 0 Å². The van der Waals surface area contributed by atoms with Crippen molar-refractivity contribution in [3.8, 4) is 0 Å². The van der Waals surface area contributed by atoms with E-state index in [-0.39, 0.29) is 57.0 Å². The van der Waals surface area contributed by atoms with Gasteiger partial charge in [0.1, 0.15) is 4.90 Å². The minimum atomic E-state index is -4.00. The number of carbonyl (C=O) groups is 2. The van der Waals surface area contributed by atoms with E-state index >= 15 is 0 Å². The number of ether oxygens (including phenoxy) is 4. The molecule has 24 heteroatoms. The average Bonchev–Trinajstić information content (AvgIpc) is 4.04. The molecule has 0 aliphatic carbocycles. The van der Waals surface area contributed by atoms with E-state index in [1.807, 2.05) is 24.3 Å². The molecule has 4 aliphatic rings. The van der Waals surface area contributed by atoms with Gasteiger partial charge in [-0.1, -0.05) is 55.1 Å². The van der Waals surface area contributed by atoms with Crippen LogP contribution in [0.25, 0.3) is 0 Å². The number of sulfone groups is 1. The number of hydrogen-bond acceptors (Lipinski definition) is 14. The van der Waals surface area contributed by atoms with Crippen molar-refractivity contribution < 1.29 is 70.5 Å². The molecule has 0 aromatic heterocycles. The van der Waals surface area contributed by atoms with Crippen LogP contribution in [-0.4, -0.2) is 145 Å². The zero-order valence-corrected chi connectivity index (χ0v) is 53.3. The number of amides is 1. The van der Waals surface area contributed by atoms with Crippen LogP contribution in [0.15, 0.2) is 128 Å². The number of benzene rings is 5. The predicted molar refractivity (Wildman–Crippen MR) is 322 cm³/mol. The van der Waals surface area contributed by atoms with Crippen molar-refractivity contribution >= 4 is 121 Å². The number of primary sulfonamides is 1. The Bertz CT molecular complexity index is 2810. The van der Waals surface area contributed by atoms with Crippen LogP contribution in [0.1, 0.15) is 61.3 Å². The van der Waals surface area contributed by atoms with Gasteiger partial charge in [0.15, 0.2) is 15.6 Å². The Morgan fingerprint density at radius 3 is 1.42 bits per heavy atom. The van der Waals surface area contributed by atoms with Crippen LogP contribution < -0.4 is 39.1 Å². The fraction of sp³-hybridized carbons (Fsp3) is 0.407. The van der Waals surface area contributed by atoms with Gasteiger partial charge in [-0.2, -0.15) is 0 Å². The summed E-state index contributed by atoms with van der Waals surface area (Å²) in [5.74, 6) is -0.746. The second-order valence-electron chi connectivity index (χ2n) is 18.1. The molecule has 424 valence electrons. The summed E-state index contributed by atoms with van der Waals surface area (Å²) in [5, 5.41) is 9.38. The molecule has 3 N–H and O–H groups in total. The predicted octanol–water partition coefficient (Wildman–Crippen LogP) is 7.46. The van der Waals surface area contributed by atoms with Crippen molar-refractivity contribution in [2.24, 2.45) is 5.14 Å². The molecule has 16 nitrogen and oxygen atoms in total. The summed E-state index contributed by atoms with van der Waals surface area (Å²) in [6, 6.07) is 32.0. The minimum absolute atomic E-state index is 0. The fourth-order valence-electron chi connectivity index (χ4n) is 7.04. The summed E-state index contributed by atoms with van der Waals surface area (Å²) in [6.07, 6.45) is 2.56. The summed E-state index contributed by atoms with van der Waals surface area (Å²) in [5.41, 5.74) is 3.17. The maximum atomic E-state index is 12.6. The van der Waals surface area contributed by atoms with Gasteiger partial charge in [-0.25, -0.2) is 27.0 Å². The standard InChI is InChI=1S/C17H17ClN2O4S.C13H18ClNO4S.C10H12BrNO.C6H4BrI.C4H9NO.C4H8O.Li.H/c18-15-6-3-13(11-16(15)25(19,22)23)17(21)12-1-4-14(5-2-12)20-7-9-24-10-8-20;1-13(2,3)20(17,18)11-8-9(6-7-10(11)14)12(16)15(4)19-5;11-9-1-3-10(4-2-9)12-5-7-13-8-6-12;7-5-1-3-6(8)4-2-5;1-3-6-4-2-5-1;1-2-4-5-3-1;;/h1-6,11H,7-10H2,(H2,19,22,23);6-8H,1-5H3;1-4H,5-8H2;1-4H;5H,1-4H2;1-4H2;;/q;;;;;;+1;-1. The maximum absolute atomic E-state index is 12.6. The maximum Gasteiger partial charge on any atom is 1.00 e. The molecule has 0 saturated carbocycles. The van der Waals surface area contributed by atoms with Gasteiger partial charge in [-0.15, -0.1) is 0 Å². The first-order chi connectivity index (χ1) is 36.5. The van der Waals surface area contributed by atoms with E-state index < -0.39 is 30.5 Å². The molecule has 1 amide bonds. The van der Waals surface area contributed by atoms with Gasteiger partial charge >= 0.3 is 18.9 Å². The number of nitrogens with two attached hydrogens (primary N) is 1. The molecule has 4 saturated heterocycles. The number of hydroxylamine groups is 2. The first kappa shape index (κ1) is 69.6. The van der Waals surface area contributed by atoms with Gasteiger partial charge in [0.05, 0.1) is 66.4 Å². The molecular formula is C54H69Br2Cl2ILiN5O11S2. The second kappa shape index (κ2) is 35.4. The largest absolute Gasteiger partial charge is 1.00 e. The average molecular weight is 1390 g/mol. The van der Waals surface area contributed by atoms with Crippen molar-refractivity contribution in [1.29, 1.82) is 0 Å². The summed E-state index contributed by atoms with van der Waals surface area (Å²) >= 11 is 20.9. The number of halogens is 5. The molecule has 0 radical (unpaired) electrons. The van der Waals surface area contributed by atoms with Gasteiger partial charge in [0.2, 0.25) is 10.0 Å². The molecule has 5 aromatic carbocycles. The van der Waals surface area contributed by atoms with E-state index in [1.54, 1.807) is 32.9 Å². The van der Waals surface area contributed by atoms with Crippen LogP contribution in [0.3, 0.4) is 0 Å². The van der Waals surface area contributed by atoms with E-state index in [0.29, 0.717) is 18.8 Å². The smallest absolute Gasteiger partial charge is 1.00 e. The summed E-state index contributed by atoms with van der Waals surface area (Å²) < 4.78 is 71.1. The molecular weight excluding hydrogens is 1320 g/mol. The number of anilines is 2. The Kier molecular flexibility index (Phi) is 31.5. The normalized spacial score (nSPS) is 15.3. The first-order valence-electron chi connectivity index (χ1n) is 24.5. The van der Waals surface area contributed by atoms with Crippen LogP contribution in [0.2, 0.25) is 10.0 Å². The molecule has 0 atom stereocenters. The number of hydrogen-bond donors (Lipinski definition) is 2. The number of nitrogens with zero attached hydrogens (tertiary/aromatic N) is 3. The van der Waals surface area contributed by atoms with Gasteiger partial charge in [0, 0.05) is 100 Å². The third-order valence-corrected chi connectivity index (χ3v) is 17.7. The Morgan fingerprint density at radius 1 is 0.641 bits per heavy atom. The minimum Gasteiger partial charge on any atom is -1.00 e. The van der Waals surface area contributed by atoms with Crippen LogP contribution >= 0.6 is 77.7 Å². The molecule has 4 aliphatic heterocycles. The topological polar surface area (TPSA) is 196 Å². The van der Waals surface area contributed by atoms with Gasteiger partial charge < -0.3 is 35.5 Å². The van der Waals surface area contributed by atoms with E-state index in [9.17, 15) is 26.4 Å². The third-order valence-electron chi connectivity index (χ3n) is 11.5. The van der Waals surface area contributed by atoms with E-state index in [0.717, 1.165) is 98.6 Å². The number of carbonyl (C=O) groups excluding carboxylic acids is 2. The molecule has 78 heavy (non-hydrogen) atoms. The number of sulfonamides is 1. The molecule has 0 unspecified atom stereocenters. The Balaban J connectivity index is 0.000000350. The number of rotatable bonds is 8. The SMILES string of the molecule is Brc1ccc(I)cc1.Brc1ccc(N2CCOCC2)cc1.C1CCOC1.C1COCCN1.CON(C)C(=O)c1ccc(Cl)c(S(=O)(=O)C(C)(C)C)c1.NS(=O)(=O)c1cc(C(=O)c2ccc(N3CCOCC3)cc2)ccc1Cl.[H-].[Li+]. The molecule has 4 heterocycles. The number of ketones is 1. The van der Waals surface area contributed by atoms with Crippen LogP contribution in [0.4, 0.5) is 11.4 Å². The zero-order chi connectivity index (χ0) is 56.6. The van der Waals surface area contributed by atoms with Crippen molar-refractivity contribution in [1.82, 2.24) is 10.4 Å². The first-order valence-corrected chi connectivity index (χ1v) is 31.0. The summed E-state index contributed by atoms with van der Waals surface area (Å²) in [6.45, 7) is 17.2. The Hall–Kier alpha value is -2.67. The van der Waals surface area contributed by atoms with Crippen molar-refractivity contribution in [3.05, 3.63) is 148 Å². The fourth-order valence-corrected chi connectivity index (χ4v) is 10.7. The van der Waals surface area contributed by atoms with E-state index in [1.165, 1.54) is 72.7 Å². The molecule has 0 bridgehead atoms. The third kappa shape index (κ3) is 23.7. The van der Waals surface area contributed by atoms with Crippen LogP contribution in [0.5, 0.6) is 0 Å². The van der Waals surface area contributed by atoms with Crippen molar-refractivity contribution in [2.75, 3.05) is 116 Å². The van der Waals surface area contributed by atoms with E-state index in [4.69, 9.17) is 52.1 Å². The van der Waals surface area contributed by atoms with Gasteiger partial charge in [-0.3, -0.25) is 14.4 Å². The zero-order valence-electron chi connectivity index (χ0n) is 45.8. The Morgan fingerprint density at radius 2 is 1.04 bits per heavy atom. The quantitative estimate of drug-likeness (QED) is 0.0672. The van der Waals surface area contributed by atoms with Crippen LogP contribution in [-0.2, 0) is 43.6 Å². The van der Waals surface area contributed by atoms with E-state index in [2.05, 4.69) is 106 Å². The van der Waals surface area contributed by atoms with Crippen LogP contribution in [0, 0.1) is 3.57 Å². The molecule has 0 spiro atoms. The molecule has 9 rings (SSSR count). The summed E-state index contributed by atoms with van der Waals surface area (Å²) in [4.78, 5) is 33.6. The van der Waals surface area contributed by atoms with Crippen molar-refractivity contribution in [2.45, 2.75) is 48.2 Å². The molecule has 5 aromatic rings. The Labute approximate surface area is 514 Å². The molecule has 4 fully saturated rings. The van der Waals surface area contributed by atoms with Gasteiger partial charge in [0.25, 0.3) is 5.91 Å².